The first kappa shape index (κ1) is 20.8. The van der Waals surface area contributed by atoms with Crippen LogP contribution in [0.5, 0.6) is 0 Å². The van der Waals surface area contributed by atoms with Gasteiger partial charge < -0.3 is 10.6 Å². The standard InChI is InChI=1S/C22H31N5O3/c1-15-5-4-6-18(16(15)2)23-19(28)13-25-9-11-26(12-10-25)14-27-20(29)22(3,17-7-8-17)24-21(27)30/h4-6,17H,7-14H2,1-3H3,(H,23,28)(H,24,30). The molecule has 1 unspecified atom stereocenters. The molecule has 0 spiro atoms. The molecule has 4 amide bonds. The van der Waals surface area contributed by atoms with Crippen molar-refractivity contribution in [2.24, 2.45) is 5.92 Å². The highest BCUT2D eigenvalue weighted by Gasteiger charge is 2.56. The third-order valence-corrected chi connectivity index (χ3v) is 6.75. The highest BCUT2D eigenvalue weighted by Crippen LogP contribution is 2.42. The topological polar surface area (TPSA) is 85.0 Å². The van der Waals surface area contributed by atoms with Gasteiger partial charge in [0.15, 0.2) is 0 Å². The zero-order valence-corrected chi connectivity index (χ0v) is 18.0. The van der Waals surface area contributed by atoms with Crippen molar-refractivity contribution in [1.82, 2.24) is 20.0 Å². The molecule has 1 saturated carbocycles. The van der Waals surface area contributed by atoms with E-state index in [4.69, 9.17) is 0 Å². The molecule has 0 radical (unpaired) electrons. The van der Waals surface area contributed by atoms with E-state index in [0.717, 1.165) is 42.7 Å². The van der Waals surface area contributed by atoms with Gasteiger partial charge in [0.05, 0.1) is 13.2 Å². The number of nitrogens with zero attached hydrogens (tertiary/aromatic N) is 3. The van der Waals surface area contributed by atoms with Crippen molar-refractivity contribution < 1.29 is 14.4 Å². The number of hydrogen-bond donors (Lipinski definition) is 2. The lowest BCUT2D eigenvalue weighted by atomic mass is 9.96. The Morgan fingerprint density at radius 3 is 2.47 bits per heavy atom. The van der Waals surface area contributed by atoms with Crippen LogP contribution < -0.4 is 10.6 Å². The van der Waals surface area contributed by atoms with Crippen LogP contribution in [-0.4, -0.2) is 77.5 Å². The van der Waals surface area contributed by atoms with Crippen molar-refractivity contribution in [2.45, 2.75) is 39.2 Å². The third-order valence-electron chi connectivity index (χ3n) is 6.75. The van der Waals surface area contributed by atoms with Crippen LogP contribution in [0, 0.1) is 19.8 Å². The van der Waals surface area contributed by atoms with Gasteiger partial charge in [-0.3, -0.25) is 19.4 Å². The summed E-state index contributed by atoms with van der Waals surface area (Å²) in [5.41, 5.74) is 2.36. The van der Waals surface area contributed by atoms with E-state index in [0.29, 0.717) is 26.3 Å². The first-order chi connectivity index (χ1) is 14.3. The van der Waals surface area contributed by atoms with Crippen molar-refractivity contribution in [2.75, 3.05) is 44.7 Å². The Kier molecular flexibility index (Phi) is 5.55. The Bertz CT molecular complexity index is 860. The Labute approximate surface area is 177 Å². The van der Waals surface area contributed by atoms with Crippen LogP contribution in [-0.2, 0) is 9.59 Å². The second-order valence-electron chi connectivity index (χ2n) is 8.97. The molecule has 1 aromatic carbocycles. The van der Waals surface area contributed by atoms with Gasteiger partial charge in [0.2, 0.25) is 5.91 Å². The molecule has 0 aromatic heterocycles. The monoisotopic (exact) mass is 413 g/mol. The average molecular weight is 414 g/mol. The summed E-state index contributed by atoms with van der Waals surface area (Å²) in [4.78, 5) is 43.1. The molecular weight excluding hydrogens is 382 g/mol. The van der Waals surface area contributed by atoms with E-state index in [-0.39, 0.29) is 23.8 Å². The fourth-order valence-corrected chi connectivity index (χ4v) is 4.35. The smallest absolute Gasteiger partial charge is 0.325 e. The van der Waals surface area contributed by atoms with Crippen LogP contribution in [0.2, 0.25) is 0 Å². The largest absolute Gasteiger partial charge is 0.326 e. The summed E-state index contributed by atoms with van der Waals surface area (Å²) in [6.07, 6.45) is 2.00. The number of anilines is 1. The molecule has 3 fully saturated rings. The summed E-state index contributed by atoms with van der Waals surface area (Å²) in [5.74, 6) is 0.142. The Balaban J connectivity index is 1.25. The second kappa shape index (κ2) is 8.00. The summed E-state index contributed by atoms with van der Waals surface area (Å²) in [6.45, 7) is 9.42. The number of carbonyl (C=O) groups is 3. The number of imide groups is 1. The van der Waals surface area contributed by atoms with Gasteiger partial charge in [-0.15, -0.1) is 0 Å². The maximum absolute atomic E-state index is 12.8. The molecular formula is C22H31N5O3. The number of piperazine rings is 1. The van der Waals surface area contributed by atoms with E-state index in [1.807, 2.05) is 39.0 Å². The Hall–Kier alpha value is -2.45. The van der Waals surface area contributed by atoms with Crippen molar-refractivity contribution in [3.63, 3.8) is 0 Å². The summed E-state index contributed by atoms with van der Waals surface area (Å²) in [6, 6.07) is 5.61. The van der Waals surface area contributed by atoms with Crippen molar-refractivity contribution in [3.8, 4) is 0 Å². The first-order valence-corrected chi connectivity index (χ1v) is 10.7. The number of hydrogen-bond acceptors (Lipinski definition) is 5. The second-order valence-corrected chi connectivity index (χ2v) is 8.97. The van der Waals surface area contributed by atoms with Gasteiger partial charge in [0.1, 0.15) is 5.54 Å². The summed E-state index contributed by atoms with van der Waals surface area (Å²) in [5, 5.41) is 5.90. The molecule has 2 aliphatic heterocycles. The summed E-state index contributed by atoms with van der Waals surface area (Å²) >= 11 is 0. The zero-order valence-electron chi connectivity index (χ0n) is 18.0. The van der Waals surface area contributed by atoms with Crippen LogP contribution >= 0.6 is 0 Å². The van der Waals surface area contributed by atoms with Crippen molar-refractivity contribution >= 4 is 23.5 Å². The quantitative estimate of drug-likeness (QED) is 0.691. The van der Waals surface area contributed by atoms with Gasteiger partial charge in [-0.1, -0.05) is 12.1 Å². The molecule has 4 rings (SSSR count). The van der Waals surface area contributed by atoms with E-state index in [2.05, 4.69) is 20.4 Å². The molecule has 3 aliphatic rings. The maximum Gasteiger partial charge on any atom is 0.326 e. The summed E-state index contributed by atoms with van der Waals surface area (Å²) < 4.78 is 0. The number of urea groups is 1. The molecule has 8 heteroatoms. The number of nitrogens with one attached hydrogen (secondary N) is 2. The molecule has 1 atom stereocenters. The lowest BCUT2D eigenvalue weighted by Crippen LogP contribution is -2.53. The molecule has 30 heavy (non-hydrogen) atoms. The minimum absolute atomic E-state index is 0.0218. The van der Waals surface area contributed by atoms with Crippen molar-refractivity contribution in [1.29, 1.82) is 0 Å². The number of rotatable bonds is 6. The Morgan fingerprint density at radius 1 is 1.13 bits per heavy atom. The summed E-state index contributed by atoms with van der Waals surface area (Å²) in [7, 11) is 0. The zero-order chi connectivity index (χ0) is 21.5. The lowest BCUT2D eigenvalue weighted by molar-refractivity contribution is -0.133. The average Bonchev–Trinajstić information content (AvgIpc) is 3.53. The molecule has 1 aliphatic carbocycles. The van der Waals surface area contributed by atoms with Gasteiger partial charge >= 0.3 is 6.03 Å². The van der Waals surface area contributed by atoms with Gasteiger partial charge in [-0.25, -0.2) is 9.69 Å². The van der Waals surface area contributed by atoms with Crippen LogP contribution in [0.3, 0.4) is 0 Å². The van der Waals surface area contributed by atoms with Crippen molar-refractivity contribution in [3.05, 3.63) is 29.3 Å². The van der Waals surface area contributed by atoms with E-state index in [1.54, 1.807) is 0 Å². The van der Waals surface area contributed by atoms with E-state index >= 15 is 0 Å². The molecule has 2 N–H and O–H groups in total. The fourth-order valence-electron chi connectivity index (χ4n) is 4.35. The number of amides is 4. The molecule has 2 saturated heterocycles. The predicted molar refractivity (Wildman–Crippen MR) is 114 cm³/mol. The predicted octanol–water partition coefficient (Wildman–Crippen LogP) is 1.54. The van der Waals surface area contributed by atoms with Gasteiger partial charge in [-0.2, -0.15) is 0 Å². The van der Waals surface area contributed by atoms with E-state index < -0.39 is 5.54 Å². The fraction of sp³-hybridized carbons (Fsp3) is 0.591. The lowest BCUT2D eigenvalue weighted by Gasteiger charge is -2.35. The molecule has 162 valence electrons. The molecule has 2 heterocycles. The SMILES string of the molecule is Cc1cccc(NC(=O)CN2CCN(CN3C(=O)NC(C)(C4CC4)C3=O)CC2)c1C. The van der Waals surface area contributed by atoms with E-state index in [1.165, 1.54) is 4.90 Å². The van der Waals surface area contributed by atoms with Gasteiger partial charge in [-0.05, 0) is 56.7 Å². The molecule has 1 aromatic rings. The van der Waals surface area contributed by atoms with Crippen LogP contribution in [0.4, 0.5) is 10.5 Å². The maximum atomic E-state index is 12.8. The molecule has 0 bridgehead atoms. The van der Waals surface area contributed by atoms with Crippen LogP contribution in [0.15, 0.2) is 18.2 Å². The third kappa shape index (κ3) is 4.06. The first-order valence-electron chi connectivity index (χ1n) is 10.7. The van der Waals surface area contributed by atoms with Gasteiger partial charge in [0.25, 0.3) is 5.91 Å². The van der Waals surface area contributed by atoms with Gasteiger partial charge in [0, 0.05) is 31.9 Å². The minimum Gasteiger partial charge on any atom is -0.325 e. The molecule has 8 nitrogen and oxygen atoms in total. The van der Waals surface area contributed by atoms with Crippen LogP contribution in [0.25, 0.3) is 0 Å². The number of aryl methyl sites for hydroxylation is 1. The van der Waals surface area contributed by atoms with E-state index in [9.17, 15) is 14.4 Å². The normalized spacial score (nSPS) is 25.5. The highest BCUT2D eigenvalue weighted by molar-refractivity contribution is 6.07. The number of carbonyl (C=O) groups excluding carboxylic acids is 3. The minimum atomic E-state index is -0.731. The Morgan fingerprint density at radius 2 is 1.80 bits per heavy atom. The number of benzene rings is 1. The van der Waals surface area contributed by atoms with Crippen LogP contribution in [0.1, 0.15) is 30.9 Å². The highest BCUT2D eigenvalue weighted by atomic mass is 16.2.